The Morgan fingerprint density at radius 3 is 2.86 bits per heavy atom. The Labute approximate surface area is 90.3 Å². The maximum atomic E-state index is 5.68. The van der Waals surface area contributed by atoms with Crippen LogP contribution in [-0.2, 0) is 0 Å². The predicted molar refractivity (Wildman–Crippen MR) is 64.9 cm³/mol. The fourth-order valence-electron chi connectivity index (χ4n) is 1.27. The van der Waals surface area contributed by atoms with Gasteiger partial charge in [-0.05, 0) is 56.5 Å². The third kappa shape index (κ3) is 3.60. The van der Waals surface area contributed by atoms with Crippen molar-refractivity contribution < 1.29 is 0 Å². The number of nitrogen functional groups attached to an aromatic ring is 1. The van der Waals surface area contributed by atoms with Gasteiger partial charge < -0.3 is 11.1 Å². The van der Waals surface area contributed by atoms with Gasteiger partial charge in [-0.25, -0.2) is 0 Å². The number of nitrogens with two attached hydrogens (primary N) is 1. The largest absolute Gasteiger partial charge is 0.399 e. The van der Waals surface area contributed by atoms with Crippen LogP contribution in [0.15, 0.2) is 23.1 Å². The highest BCUT2D eigenvalue weighted by atomic mass is 32.2. The van der Waals surface area contributed by atoms with Crippen molar-refractivity contribution in [3.05, 3.63) is 23.8 Å². The first-order chi connectivity index (χ1) is 6.74. The molecule has 0 heterocycles. The number of nitrogens with one attached hydrogen (secondary N) is 1. The van der Waals surface area contributed by atoms with E-state index in [4.69, 9.17) is 5.73 Å². The molecule has 1 rings (SSSR count). The van der Waals surface area contributed by atoms with Crippen LogP contribution in [0.5, 0.6) is 0 Å². The van der Waals surface area contributed by atoms with Crippen molar-refractivity contribution in [3.63, 3.8) is 0 Å². The molecule has 3 heteroatoms. The van der Waals surface area contributed by atoms with E-state index >= 15 is 0 Å². The Bertz CT molecular complexity index is 287. The summed E-state index contributed by atoms with van der Waals surface area (Å²) in [5.74, 6) is 1.16. The van der Waals surface area contributed by atoms with E-state index in [-0.39, 0.29) is 0 Å². The van der Waals surface area contributed by atoms with E-state index in [1.165, 1.54) is 16.9 Å². The van der Waals surface area contributed by atoms with Gasteiger partial charge in [-0.3, -0.25) is 0 Å². The van der Waals surface area contributed by atoms with E-state index < -0.39 is 0 Å². The molecule has 0 bridgehead atoms. The number of thioether (sulfide) groups is 1. The molecule has 1 aromatic carbocycles. The average molecular weight is 210 g/mol. The molecule has 78 valence electrons. The summed E-state index contributed by atoms with van der Waals surface area (Å²) >= 11 is 1.90. The van der Waals surface area contributed by atoms with Crippen LogP contribution in [0.25, 0.3) is 0 Å². The molecule has 2 nitrogen and oxygen atoms in total. The lowest BCUT2D eigenvalue weighted by Gasteiger charge is -2.06. The van der Waals surface area contributed by atoms with Crippen molar-refractivity contribution in [2.75, 3.05) is 25.1 Å². The molecule has 0 fully saturated rings. The number of benzene rings is 1. The third-order valence-corrected chi connectivity index (χ3v) is 3.29. The van der Waals surface area contributed by atoms with E-state index in [0.717, 1.165) is 18.0 Å². The Kier molecular flexibility index (Phi) is 4.84. The first-order valence-corrected chi connectivity index (χ1v) is 5.86. The fourth-order valence-corrected chi connectivity index (χ4v) is 2.23. The minimum atomic E-state index is 0.849. The minimum Gasteiger partial charge on any atom is -0.399 e. The lowest BCUT2D eigenvalue weighted by molar-refractivity contribution is 0.778. The standard InChI is InChI=1S/C11H18N2S/c1-9-8-10(12)4-5-11(9)14-7-3-6-13-2/h4-5,8,13H,3,6-7,12H2,1-2H3. The summed E-state index contributed by atoms with van der Waals surface area (Å²) in [5, 5.41) is 3.14. The first-order valence-electron chi connectivity index (χ1n) is 4.87. The number of aryl methyl sites for hydroxylation is 1. The Morgan fingerprint density at radius 1 is 1.43 bits per heavy atom. The minimum absolute atomic E-state index is 0.849. The normalized spacial score (nSPS) is 10.4. The molecule has 0 unspecified atom stereocenters. The third-order valence-electron chi connectivity index (χ3n) is 2.03. The number of hydrogen-bond acceptors (Lipinski definition) is 3. The highest BCUT2D eigenvalue weighted by molar-refractivity contribution is 7.99. The van der Waals surface area contributed by atoms with Crippen molar-refractivity contribution in [1.82, 2.24) is 5.32 Å². The average Bonchev–Trinajstić information content (AvgIpc) is 2.15. The molecular weight excluding hydrogens is 192 g/mol. The fraction of sp³-hybridized carbons (Fsp3) is 0.455. The molecule has 0 aromatic heterocycles. The van der Waals surface area contributed by atoms with Crippen LogP contribution in [0.1, 0.15) is 12.0 Å². The maximum Gasteiger partial charge on any atom is 0.0317 e. The molecule has 0 radical (unpaired) electrons. The molecule has 0 saturated carbocycles. The summed E-state index contributed by atoms with van der Waals surface area (Å²) in [7, 11) is 1.99. The zero-order valence-electron chi connectivity index (χ0n) is 8.84. The summed E-state index contributed by atoms with van der Waals surface area (Å²) in [4.78, 5) is 1.34. The lowest BCUT2D eigenvalue weighted by Crippen LogP contribution is -2.08. The summed E-state index contributed by atoms with van der Waals surface area (Å²) in [6.07, 6.45) is 1.20. The highest BCUT2D eigenvalue weighted by Gasteiger charge is 1.98. The van der Waals surface area contributed by atoms with E-state index in [2.05, 4.69) is 18.3 Å². The van der Waals surface area contributed by atoms with Gasteiger partial charge in [0.05, 0.1) is 0 Å². The summed E-state index contributed by atoms with van der Waals surface area (Å²) in [5.41, 5.74) is 7.81. The smallest absolute Gasteiger partial charge is 0.0317 e. The second-order valence-corrected chi connectivity index (χ2v) is 4.47. The van der Waals surface area contributed by atoms with E-state index in [0.29, 0.717) is 0 Å². The molecular formula is C11H18N2S. The zero-order valence-corrected chi connectivity index (χ0v) is 9.66. The van der Waals surface area contributed by atoms with Gasteiger partial charge in [0, 0.05) is 10.6 Å². The van der Waals surface area contributed by atoms with Crippen molar-refractivity contribution in [2.24, 2.45) is 0 Å². The molecule has 0 aliphatic carbocycles. The van der Waals surface area contributed by atoms with Gasteiger partial charge in [0.15, 0.2) is 0 Å². The van der Waals surface area contributed by atoms with Gasteiger partial charge in [-0.1, -0.05) is 0 Å². The molecule has 1 aromatic rings. The van der Waals surface area contributed by atoms with E-state index in [9.17, 15) is 0 Å². The lowest BCUT2D eigenvalue weighted by atomic mass is 10.2. The number of rotatable bonds is 5. The van der Waals surface area contributed by atoms with Crippen molar-refractivity contribution in [2.45, 2.75) is 18.2 Å². The van der Waals surface area contributed by atoms with Crippen molar-refractivity contribution >= 4 is 17.4 Å². The van der Waals surface area contributed by atoms with Gasteiger partial charge in [0.1, 0.15) is 0 Å². The van der Waals surface area contributed by atoms with Crippen molar-refractivity contribution in [3.8, 4) is 0 Å². The molecule has 0 aliphatic heterocycles. The summed E-state index contributed by atoms with van der Waals surface area (Å²) in [6, 6.07) is 6.10. The predicted octanol–water partition coefficient (Wildman–Crippen LogP) is 2.28. The van der Waals surface area contributed by atoms with Crippen LogP contribution >= 0.6 is 11.8 Å². The highest BCUT2D eigenvalue weighted by Crippen LogP contribution is 2.24. The van der Waals surface area contributed by atoms with Crippen LogP contribution in [0.2, 0.25) is 0 Å². The molecule has 3 N–H and O–H groups in total. The molecule has 0 atom stereocenters. The monoisotopic (exact) mass is 210 g/mol. The molecule has 0 saturated heterocycles. The SMILES string of the molecule is CNCCCSc1ccc(N)cc1C. The zero-order chi connectivity index (χ0) is 10.4. The topological polar surface area (TPSA) is 38.0 Å². The summed E-state index contributed by atoms with van der Waals surface area (Å²) in [6.45, 7) is 3.19. The van der Waals surface area contributed by atoms with E-state index in [1.807, 2.05) is 30.9 Å². The van der Waals surface area contributed by atoms with Crippen molar-refractivity contribution in [1.29, 1.82) is 0 Å². The second kappa shape index (κ2) is 5.94. The number of hydrogen-bond donors (Lipinski definition) is 2. The van der Waals surface area contributed by atoms with Gasteiger partial charge in [0.25, 0.3) is 0 Å². The van der Waals surface area contributed by atoms with Crippen LogP contribution in [-0.4, -0.2) is 19.3 Å². The molecule has 0 amide bonds. The van der Waals surface area contributed by atoms with Gasteiger partial charge in [0.2, 0.25) is 0 Å². The van der Waals surface area contributed by atoms with E-state index in [1.54, 1.807) is 0 Å². The van der Waals surface area contributed by atoms with Crippen LogP contribution in [0, 0.1) is 6.92 Å². The van der Waals surface area contributed by atoms with Gasteiger partial charge in [-0.2, -0.15) is 0 Å². The van der Waals surface area contributed by atoms with Gasteiger partial charge in [-0.15, -0.1) is 11.8 Å². The Hall–Kier alpha value is -0.670. The molecule has 0 aliphatic rings. The van der Waals surface area contributed by atoms with Crippen LogP contribution < -0.4 is 11.1 Å². The Morgan fingerprint density at radius 2 is 2.21 bits per heavy atom. The van der Waals surface area contributed by atoms with Crippen LogP contribution in [0.3, 0.4) is 0 Å². The number of anilines is 1. The second-order valence-electron chi connectivity index (χ2n) is 3.33. The maximum absolute atomic E-state index is 5.68. The van der Waals surface area contributed by atoms with Crippen LogP contribution in [0.4, 0.5) is 5.69 Å². The molecule has 14 heavy (non-hydrogen) atoms. The Balaban J connectivity index is 2.42. The first kappa shape index (κ1) is 11.4. The van der Waals surface area contributed by atoms with Gasteiger partial charge >= 0.3 is 0 Å². The summed E-state index contributed by atoms with van der Waals surface area (Å²) < 4.78 is 0. The quantitative estimate of drug-likeness (QED) is 0.445. The molecule has 0 spiro atoms.